The van der Waals surface area contributed by atoms with Crippen LogP contribution >= 0.6 is 11.6 Å². The van der Waals surface area contributed by atoms with Gasteiger partial charge in [-0.1, -0.05) is 67.1 Å². The molecular weight excluding hydrogens is 448 g/mol. The highest BCUT2D eigenvalue weighted by Gasteiger charge is 2.28. The molecule has 0 radical (unpaired) electrons. The Kier molecular flexibility index (Phi) is 7.77. The van der Waals surface area contributed by atoms with Crippen molar-refractivity contribution in [3.8, 4) is 5.75 Å². The molecule has 0 spiro atoms. The summed E-state index contributed by atoms with van der Waals surface area (Å²) in [6, 6.07) is 21.9. The molecule has 0 saturated carbocycles. The Morgan fingerprint density at radius 2 is 1.66 bits per heavy atom. The van der Waals surface area contributed by atoms with Crippen LogP contribution in [0.15, 0.2) is 83.8 Å². The lowest BCUT2D eigenvalue weighted by molar-refractivity contribution is -0.120. The van der Waals surface area contributed by atoms with Gasteiger partial charge in [-0.15, -0.1) is 0 Å². The normalized spacial score (nSPS) is 12.1. The molecule has 32 heavy (non-hydrogen) atoms. The maximum Gasteiger partial charge on any atom is 0.264 e. The quantitative estimate of drug-likeness (QED) is 0.484. The minimum absolute atomic E-state index is 0.0786. The molecule has 0 bridgehead atoms. The van der Waals surface area contributed by atoms with Gasteiger partial charge in [0.2, 0.25) is 5.91 Å². The molecule has 1 N–H and O–H groups in total. The Labute approximate surface area is 193 Å². The lowest BCUT2D eigenvalue weighted by Gasteiger charge is -2.26. The minimum Gasteiger partial charge on any atom is -0.495 e. The number of nitrogens with zero attached hydrogens (tertiary/aromatic N) is 1. The van der Waals surface area contributed by atoms with E-state index in [9.17, 15) is 13.2 Å². The van der Waals surface area contributed by atoms with Crippen molar-refractivity contribution in [2.24, 2.45) is 0 Å². The van der Waals surface area contributed by atoms with Gasteiger partial charge in [0.25, 0.3) is 10.0 Å². The monoisotopic (exact) mass is 472 g/mol. The van der Waals surface area contributed by atoms with E-state index in [2.05, 4.69) is 5.32 Å². The average Bonchev–Trinajstić information content (AvgIpc) is 2.82. The summed E-state index contributed by atoms with van der Waals surface area (Å²) in [5.41, 5.74) is 1.22. The SMILES string of the molecule is CC[C@H](NC(=O)CN(c1ccc(OC)c(Cl)c1)S(=O)(=O)c1ccccc1)c1ccccc1. The van der Waals surface area contributed by atoms with Crippen LogP contribution in [0.5, 0.6) is 5.75 Å². The number of anilines is 1. The summed E-state index contributed by atoms with van der Waals surface area (Å²) in [6.07, 6.45) is 0.662. The maximum atomic E-state index is 13.4. The van der Waals surface area contributed by atoms with Crippen molar-refractivity contribution in [2.45, 2.75) is 24.3 Å². The second-order valence-electron chi connectivity index (χ2n) is 7.08. The number of ether oxygens (including phenoxy) is 1. The Morgan fingerprint density at radius 3 is 2.22 bits per heavy atom. The number of nitrogens with one attached hydrogen (secondary N) is 1. The number of carbonyl (C=O) groups is 1. The van der Waals surface area contributed by atoms with E-state index in [1.54, 1.807) is 30.3 Å². The molecule has 0 aliphatic heterocycles. The number of amides is 1. The van der Waals surface area contributed by atoms with Crippen LogP contribution < -0.4 is 14.4 Å². The van der Waals surface area contributed by atoms with Gasteiger partial charge in [0.15, 0.2) is 0 Å². The highest BCUT2D eigenvalue weighted by Crippen LogP contribution is 2.32. The highest BCUT2D eigenvalue weighted by atomic mass is 35.5. The molecule has 1 atom stereocenters. The molecule has 0 aliphatic rings. The molecule has 3 aromatic rings. The third kappa shape index (κ3) is 5.41. The predicted octanol–water partition coefficient (Wildman–Crippen LogP) is 4.81. The second-order valence-corrected chi connectivity index (χ2v) is 9.35. The number of benzene rings is 3. The van der Waals surface area contributed by atoms with E-state index >= 15 is 0 Å². The van der Waals surface area contributed by atoms with E-state index in [0.717, 1.165) is 9.87 Å². The smallest absolute Gasteiger partial charge is 0.264 e. The van der Waals surface area contributed by atoms with E-state index in [-0.39, 0.29) is 21.6 Å². The summed E-state index contributed by atoms with van der Waals surface area (Å²) in [5, 5.41) is 3.19. The van der Waals surface area contributed by atoms with Gasteiger partial charge in [0.05, 0.1) is 28.8 Å². The third-order valence-corrected chi connectivity index (χ3v) is 7.07. The van der Waals surface area contributed by atoms with E-state index in [0.29, 0.717) is 12.2 Å². The number of methoxy groups -OCH3 is 1. The van der Waals surface area contributed by atoms with E-state index in [1.165, 1.54) is 25.3 Å². The highest BCUT2D eigenvalue weighted by molar-refractivity contribution is 7.92. The van der Waals surface area contributed by atoms with Gasteiger partial charge in [-0.05, 0) is 42.3 Å². The topological polar surface area (TPSA) is 75.7 Å². The third-order valence-electron chi connectivity index (χ3n) is 4.99. The fraction of sp³-hybridized carbons (Fsp3) is 0.208. The van der Waals surface area contributed by atoms with Crippen LogP contribution in [-0.4, -0.2) is 28.0 Å². The number of carbonyl (C=O) groups excluding carboxylic acids is 1. The lowest BCUT2D eigenvalue weighted by Crippen LogP contribution is -2.42. The summed E-state index contributed by atoms with van der Waals surface area (Å²) >= 11 is 6.25. The summed E-state index contributed by atoms with van der Waals surface area (Å²) < 4.78 is 33.1. The molecule has 8 heteroatoms. The number of hydrogen-bond acceptors (Lipinski definition) is 4. The first-order valence-electron chi connectivity index (χ1n) is 10.1. The van der Waals surface area contributed by atoms with E-state index in [4.69, 9.17) is 16.3 Å². The molecule has 0 fully saturated rings. The molecule has 0 heterocycles. The number of sulfonamides is 1. The first-order chi connectivity index (χ1) is 15.4. The van der Waals surface area contributed by atoms with Gasteiger partial charge >= 0.3 is 0 Å². The van der Waals surface area contributed by atoms with E-state index < -0.39 is 22.5 Å². The fourth-order valence-electron chi connectivity index (χ4n) is 3.32. The van der Waals surface area contributed by atoms with Crippen LogP contribution in [0.4, 0.5) is 5.69 Å². The predicted molar refractivity (Wildman–Crippen MR) is 127 cm³/mol. The second kappa shape index (κ2) is 10.5. The van der Waals surface area contributed by atoms with Gasteiger partial charge < -0.3 is 10.1 Å². The van der Waals surface area contributed by atoms with Crippen molar-refractivity contribution in [3.63, 3.8) is 0 Å². The number of halogens is 1. The van der Waals surface area contributed by atoms with Crippen molar-refractivity contribution in [1.82, 2.24) is 5.32 Å². The Morgan fingerprint density at radius 1 is 1.03 bits per heavy atom. The van der Waals surface area contributed by atoms with Crippen molar-refractivity contribution >= 4 is 33.2 Å². The maximum absolute atomic E-state index is 13.4. The summed E-state index contributed by atoms with van der Waals surface area (Å²) in [6.45, 7) is 1.56. The molecular formula is C24H25ClN2O4S. The van der Waals surface area contributed by atoms with Gasteiger partial charge in [-0.2, -0.15) is 0 Å². The molecule has 0 aromatic heterocycles. The van der Waals surface area contributed by atoms with Crippen LogP contribution in [0.2, 0.25) is 5.02 Å². The van der Waals surface area contributed by atoms with Crippen LogP contribution in [0.3, 0.4) is 0 Å². The van der Waals surface area contributed by atoms with Crippen LogP contribution in [0.25, 0.3) is 0 Å². The molecule has 0 aliphatic carbocycles. The van der Waals surface area contributed by atoms with Crippen molar-refractivity contribution < 1.29 is 17.9 Å². The average molecular weight is 473 g/mol. The summed E-state index contributed by atoms with van der Waals surface area (Å²) in [5.74, 6) is -0.0146. The van der Waals surface area contributed by atoms with Crippen LogP contribution in [0, 0.1) is 0 Å². The zero-order valence-corrected chi connectivity index (χ0v) is 19.4. The van der Waals surface area contributed by atoms with Crippen LogP contribution in [0.1, 0.15) is 24.9 Å². The largest absolute Gasteiger partial charge is 0.495 e. The molecule has 0 unspecified atom stereocenters. The molecule has 1 amide bonds. The number of rotatable bonds is 9. The number of hydrogen-bond donors (Lipinski definition) is 1. The van der Waals surface area contributed by atoms with Crippen molar-refractivity contribution in [2.75, 3.05) is 18.0 Å². The fourth-order valence-corrected chi connectivity index (χ4v) is 5.01. The zero-order chi connectivity index (χ0) is 23.1. The Balaban J connectivity index is 1.94. The summed E-state index contributed by atoms with van der Waals surface area (Å²) in [7, 11) is -2.55. The first kappa shape index (κ1) is 23.6. The zero-order valence-electron chi connectivity index (χ0n) is 17.9. The molecule has 3 aromatic carbocycles. The van der Waals surface area contributed by atoms with Gasteiger partial charge in [0, 0.05) is 0 Å². The van der Waals surface area contributed by atoms with Gasteiger partial charge in [-0.25, -0.2) is 8.42 Å². The van der Waals surface area contributed by atoms with Gasteiger partial charge in [-0.3, -0.25) is 9.10 Å². The Hall–Kier alpha value is -3.03. The van der Waals surface area contributed by atoms with Crippen molar-refractivity contribution in [3.05, 3.63) is 89.4 Å². The van der Waals surface area contributed by atoms with Crippen molar-refractivity contribution in [1.29, 1.82) is 0 Å². The molecule has 168 valence electrons. The Bertz CT molecular complexity index is 1160. The lowest BCUT2D eigenvalue weighted by atomic mass is 10.0. The van der Waals surface area contributed by atoms with Crippen LogP contribution in [-0.2, 0) is 14.8 Å². The molecule has 3 rings (SSSR count). The summed E-state index contributed by atoms with van der Waals surface area (Å²) in [4.78, 5) is 13.1. The standard InChI is InChI=1S/C24H25ClN2O4S/c1-3-22(18-10-6-4-7-11-18)26-24(28)17-27(19-14-15-23(31-2)21(25)16-19)32(29,30)20-12-8-5-9-13-20/h4-16,22H,3,17H2,1-2H3,(H,26,28)/t22-/m0/s1. The van der Waals surface area contributed by atoms with E-state index in [1.807, 2.05) is 37.3 Å². The van der Waals surface area contributed by atoms with Gasteiger partial charge in [0.1, 0.15) is 12.3 Å². The molecule has 0 saturated heterocycles. The minimum atomic E-state index is -4.02. The first-order valence-corrected chi connectivity index (χ1v) is 11.9. The molecule has 6 nitrogen and oxygen atoms in total.